The fourth-order valence-corrected chi connectivity index (χ4v) is 4.89. The number of hydrogen-bond donors (Lipinski definition) is 2. The molecular formula is C27H29N3O6S. The summed E-state index contributed by atoms with van der Waals surface area (Å²) >= 11 is 0. The molecule has 37 heavy (non-hydrogen) atoms. The Hall–Kier alpha value is -4.05. The van der Waals surface area contributed by atoms with Crippen LogP contribution in [0.15, 0.2) is 72.8 Å². The summed E-state index contributed by atoms with van der Waals surface area (Å²) in [5, 5.41) is 5.64. The highest BCUT2D eigenvalue weighted by Crippen LogP contribution is 2.34. The Kier molecular flexibility index (Phi) is 8.29. The molecular weight excluding hydrogens is 494 g/mol. The Balaban J connectivity index is 1.35. The summed E-state index contributed by atoms with van der Waals surface area (Å²) in [7, 11) is -3.60. The number of rotatable bonds is 10. The smallest absolute Gasteiger partial charge is 0.253 e. The van der Waals surface area contributed by atoms with Crippen molar-refractivity contribution >= 4 is 33.2 Å². The molecule has 0 unspecified atom stereocenters. The number of nitrogens with zero attached hydrogens (tertiary/aromatic N) is 1. The lowest BCUT2D eigenvalue weighted by atomic mass is 10.1. The van der Waals surface area contributed by atoms with Gasteiger partial charge in [0.2, 0.25) is 15.9 Å². The molecule has 0 radical (unpaired) electrons. The average molecular weight is 524 g/mol. The zero-order valence-corrected chi connectivity index (χ0v) is 21.3. The number of benzene rings is 3. The molecule has 1 heterocycles. The third-order valence-electron chi connectivity index (χ3n) is 5.72. The molecule has 0 aromatic heterocycles. The molecule has 3 aromatic carbocycles. The third kappa shape index (κ3) is 7.01. The molecule has 0 atom stereocenters. The molecule has 2 N–H and O–H groups in total. The summed E-state index contributed by atoms with van der Waals surface area (Å²) in [4.78, 5) is 25.4. The fraction of sp³-hybridized carbons (Fsp3) is 0.259. The Bertz CT molecular complexity index is 1360. The first kappa shape index (κ1) is 26.0. The number of sulfonamides is 1. The number of hydrogen-bond acceptors (Lipinski definition) is 6. The van der Waals surface area contributed by atoms with E-state index in [1.165, 1.54) is 4.31 Å². The van der Waals surface area contributed by atoms with Crippen molar-refractivity contribution in [3.63, 3.8) is 0 Å². The zero-order chi connectivity index (χ0) is 26.3. The van der Waals surface area contributed by atoms with Gasteiger partial charge in [-0.1, -0.05) is 42.5 Å². The molecule has 0 fully saturated rings. The van der Waals surface area contributed by atoms with Gasteiger partial charge in [-0.15, -0.1) is 0 Å². The molecule has 4 rings (SSSR count). The van der Waals surface area contributed by atoms with E-state index in [9.17, 15) is 18.0 Å². The number of carbonyl (C=O) groups excluding carboxylic acids is 2. The van der Waals surface area contributed by atoms with Crippen molar-refractivity contribution in [2.45, 2.75) is 19.4 Å². The van der Waals surface area contributed by atoms with Crippen LogP contribution in [-0.4, -0.2) is 46.2 Å². The Labute approximate surface area is 216 Å². The molecule has 9 nitrogen and oxygen atoms in total. The van der Waals surface area contributed by atoms with Gasteiger partial charge in [0, 0.05) is 25.6 Å². The zero-order valence-electron chi connectivity index (χ0n) is 20.5. The quantitative estimate of drug-likeness (QED) is 0.420. The molecule has 3 aromatic rings. The predicted molar refractivity (Wildman–Crippen MR) is 142 cm³/mol. The molecule has 0 saturated heterocycles. The molecule has 10 heteroatoms. The third-order valence-corrected chi connectivity index (χ3v) is 6.91. The van der Waals surface area contributed by atoms with Crippen molar-refractivity contribution in [1.82, 2.24) is 5.32 Å². The van der Waals surface area contributed by atoms with Gasteiger partial charge in [0.1, 0.15) is 13.2 Å². The average Bonchev–Trinajstić information content (AvgIpc) is 2.89. The minimum atomic E-state index is -3.60. The highest BCUT2D eigenvalue weighted by molar-refractivity contribution is 7.92. The summed E-state index contributed by atoms with van der Waals surface area (Å²) in [6, 6.07) is 21.2. The van der Waals surface area contributed by atoms with Gasteiger partial charge in [0.25, 0.3) is 5.91 Å². The number of carbonyl (C=O) groups is 2. The maximum atomic E-state index is 12.7. The van der Waals surface area contributed by atoms with Gasteiger partial charge in [-0.25, -0.2) is 8.42 Å². The second-order valence-electron chi connectivity index (χ2n) is 8.53. The highest BCUT2D eigenvalue weighted by Gasteiger charge is 2.21. The number of ether oxygens (including phenoxy) is 2. The lowest BCUT2D eigenvalue weighted by molar-refractivity contribution is -0.116. The van der Waals surface area contributed by atoms with Crippen LogP contribution in [0.5, 0.6) is 11.5 Å². The van der Waals surface area contributed by atoms with E-state index in [1.54, 1.807) is 42.5 Å². The predicted octanol–water partition coefficient (Wildman–Crippen LogP) is 3.57. The summed E-state index contributed by atoms with van der Waals surface area (Å²) in [6.07, 6.45) is 1.46. The van der Waals surface area contributed by atoms with Gasteiger partial charge in [-0.3, -0.25) is 13.9 Å². The van der Waals surface area contributed by atoms with Gasteiger partial charge in [-0.2, -0.15) is 0 Å². The van der Waals surface area contributed by atoms with E-state index < -0.39 is 10.0 Å². The summed E-state index contributed by atoms with van der Waals surface area (Å²) in [5.74, 6) is 0.423. The second kappa shape index (κ2) is 11.8. The molecule has 0 aliphatic carbocycles. The standard InChI is InChI=1S/C27H29N3O6S/c1-37(33,34)30(21-13-14-24-25(18-21)36-17-16-35-24)15-7-12-26(31)29-23-11-6-5-10-22(23)27(32)28-19-20-8-3-2-4-9-20/h2-6,8-11,13-14,18H,7,12,15-17,19H2,1H3,(H,28,32)(H,29,31). The lowest BCUT2D eigenvalue weighted by Crippen LogP contribution is -2.31. The van der Waals surface area contributed by atoms with E-state index in [-0.39, 0.29) is 31.2 Å². The van der Waals surface area contributed by atoms with Crippen LogP contribution in [0.1, 0.15) is 28.8 Å². The molecule has 0 saturated carbocycles. The van der Waals surface area contributed by atoms with Crippen LogP contribution in [0.25, 0.3) is 0 Å². The van der Waals surface area contributed by atoms with Gasteiger partial charge in [0.15, 0.2) is 11.5 Å². The van der Waals surface area contributed by atoms with Crippen LogP contribution in [0.2, 0.25) is 0 Å². The summed E-state index contributed by atoms with van der Waals surface area (Å²) in [5.41, 5.74) is 2.14. The SMILES string of the molecule is CS(=O)(=O)N(CCCC(=O)Nc1ccccc1C(=O)NCc1ccccc1)c1ccc2c(c1)OCCO2. The van der Waals surface area contributed by atoms with Crippen LogP contribution in [0, 0.1) is 0 Å². The number of anilines is 2. The first-order valence-corrected chi connectivity index (χ1v) is 13.7. The van der Waals surface area contributed by atoms with Crippen LogP contribution in [0.4, 0.5) is 11.4 Å². The molecule has 0 spiro atoms. The molecule has 1 aliphatic heterocycles. The lowest BCUT2D eigenvalue weighted by Gasteiger charge is -2.25. The molecule has 194 valence electrons. The maximum absolute atomic E-state index is 12.7. The first-order chi connectivity index (χ1) is 17.8. The van der Waals surface area contributed by atoms with Gasteiger partial charge in [-0.05, 0) is 36.2 Å². The van der Waals surface area contributed by atoms with E-state index in [1.807, 2.05) is 30.3 Å². The monoisotopic (exact) mass is 523 g/mol. The number of fused-ring (bicyclic) bond motifs is 1. The fourth-order valence-electron chi connectivity index (χ4n) is 3.93. The van der Waals surface area contributed by atoms with Gasteiger partial charge in [0.05, 0.1) is 23.2 Å². The first-order valence-electron chi connectivity index (χ1n) is 11.9. The van der Waals surface area contributed by atoms with Crippen LogP contribution < -0.4 is 24.4 Å². The highest BCUT2D eigenvalue weighted by atomic mass is 32.2. The van der Waals surface area contributed by atoms with Crippen molar-refractivity contribution in [1.29, 1.82) is 0 Å². The topological polar surface area (TPSA) is 114 Å². The number of amides is 2. The Morgan fingerprint density at radius 3 is 2.38 bits per heavy atom. The maximum Gasteiger partial charge on any atom is 0.253 e. The Morgan fingerprint density at radius 1 is 0.919 bits per heavy atom. The van der Waals surface area contributed by atoms with Crippen LogP contribution in [0.3, 0.4) is 0 Å². The van der Waals surface area contributed by atoms with Crippen LogP contribution >= 0.6 is 0 Å². The normalized spacial score (nSPS) is 12.5. The van der Waals surface area contributed by atoms with Crippen molar-refractivity contribution in [2.24, 2.45) is 0 Å². The van der Waals surface area contributed by atoms with Gasteiger partial charge >= 0.3 is 0 Å². The molecule has 0 bridgehead atoms. The molecule has 2 amide bonds. The van der Waals surface area contributed by atoms with E-state index in [0.717, 1.165) is 11.8 Å². The van der Waals surface area contributed by atoms with Crippen LogP contribution in [-0.2, 0) is 21.4 Å². The minimum absolute atomic E-state index is 0.0660. The van der Waals surface area contributed by atoms with Gasteiger partial charge < -0.3 is 20.1 Å². The minimum Gasteiger partial charge on any atom is -0.486 e. The summed E-state index contributed by atoms with van der Waals surface area (Å²) in [6.45, 7) is 1.30. The van der Waals surface area contributed by atoms with Crippen molar-refractivity contribution in [3.05, 3.63) is 83.9 Å². The summed E-state index contributed by atoms with van der Waals surface area (Å²) < 4.78 is 37.2. The van der Waals surface area contributed by atoms with Crippen molar-refractivity contribution in [3.8, 4) is 11.5 Å². The van der Waals surface area contributed by atoms with E-state index in [0.29, 0.717) is 48.2 Å². The Morgan fingerprint density at radius 2 is 1.62 bits per heavy atom. The second-order valence-corrected chi connectivity index (χ2v) is 10.4. The van der Waals surface area contributed by atoms with E-state index >= 15 is 0 Å². The number of para-hydroxylation sites is 1. The van der Waals surface area contributed by atoms with E-state index in [2.05, 4.69) is 10.6 Å². The molecule has 1 aliphatic rings. The largest absolute Gasteiger partial charge is 0.486 e. The van der Waals surface area contributed by atoms with Crippen molar-refractivity contribution < 1.29 is 27.5 Å². The van der Waals surface area contributed by atoms with Crippen molar-refractivity contribution in [2.75, 3.05) is 35.6 Å². The number of nitrogens with one attached hydrogen (secondary N) is 2. The van der Waals surface area contributed by atoms with E-state index in [4.69, 9.17) is 9.47 Å².